The normalized spacial score (nSPS) is 12.2. The highest BCUT2D eigenvalue weighted by atomic mass is 16.3. The van der Waals surface area contributed by atoms with Gasteiger partial charge >= 0.3 is 0 Å². The van der Waals surface area contributed by atoms with Gasteiger partial charge in [0.15, 0.2) is 0 Å². The largest absolute Gasteiger partial charge is 0.397 e. The summed E-state index contributed by atoms with van der Waals surface area (Å²) in [6, 6.07) is 22.8. The Hall–Kier alpha value is -3.61. The van der Waals surface area contributed by atoms with Gasteiger partial charge in [-0.15, -0.1) is 0 Å². The van der Waals surface area contributed by atoms with Gasteiger partial charge in [0.2, 0.25) is 5.56 Å². The second-order valence-corrected chi connectivity index (χ2v) is 7.70. The summed E-state index contributed by atoms with van der Waals surface area (Å²) in [7, 11) is 0. The Morgan fingerprint density at radius 1 is 0.903 bits per heavy atom. The first kappa shape index (κ1) is 20.7. The Kier molecular flexibility index (Phi) is 6.02. The molecule has 7 N–H and O–H groups in total. The van der Waals surface area contributed by atoms with Crippen LogP contribution in [0.2, 0.25) is 0 Å². The van der Waals surface area contributed by atoms with Crippen LogP contribution in [0.1, 0.15) is 28.4 Å². The maximum atomic E-state index is 12.0. The highest BCUT2D eigenvalue weighted by Crippen LogP contribution is 2.27. The van der Waals surface area contributed by atoms with Crippen molar-refractivity contribution >= 4 is 22.3 Å². The Balaban J connectivity index is 1.55. The van der Waals surface area contributed by atoms with Crippen LogP contribution in [0, 0.1) is 0 Å². The molecular weight excluding hydrogens is 388 g/mol. The maximum Gasteiger partial charge on any atom is 0.248 e. The van der Waals surface area contributed by atoms with Gasteiger partial charge in [0, 0.05) is 24.5 Å². The van der Waals surface area contributed by atoms with Crippen LogP contribution < -0.4 is 22.3 Å². The molecule has 4 rings (SSSR count). The molecule has 4 aromatic rings. The van der Waals surface area contributed by atoms with Gasteiger partial charge in [0.1, 0.15) is 0 Å². The Labute approximate surface area is 180 Å². The molecule has 0 saturated heterocycles. The first-order chi connectivity index (χ1) is 15.0. The van der Waals surface area contributed by atoms with Crippen LogP contribution in [0.15, 0.2) is 77.6 Å². The molecule has 1 unspecified atom stereocenters. The van der Waals surface area contributed by atoms with E-state index in [0.717, 1.165) is 33.2 Å². The molecule has 3 aromatic carbocycles. The van der Waals surface area contributed by atoms with E-state index in [1.807, 2.05) is 42.5 Å². The SMILES string of the molecule is Nc1ccc(CNCC(O)c2ccc(Cc3ccccc3)c3[nH]c(=O)ccc23)cc1N. The van der Waals surface area contributed by atoms with Crippen molar-refractivity contribution in [3.05, 3.63) is 105 Å². The monoisotopic (exact) mass is 414 g/mol. The van der Waals surface area contributed by atoms with Crippen LogP contribution in [0.3, 0.4) is 0 Å². The predicted octanol–water partition coefficient (Wildman–Crippen LogP) is 3.11. The molecule has 0 saturated carbocycles. The third-order valence-electron chi connectivity index (χ3n) is 5.43. The molecule has 1 aromatic heterocycles. The number of aliphatic hydroxyl groups excluding tert-OH is 1. The highest BCUT2D eigenvalue weighted by molar-refractivity contribution is 5.85. The number of pyridine rings is 1. The predicted molar refractivity (Wildman–Crippen MR) is 126 cm³/mol. The molecule has 0 aliphatic rings. The first-order valence-electron chi connectivity index (χ1n) is 10.2. The lowest BCUT2D eigenvalue weighted by Crippen LogP contribution is -2.21. The van der Waals surface area contributed by atoms with Crippen LogP contribution >= 0.6 is 0 Å². The average molecular weight is 415 g/mol. The standard InChI is InChI=1S/C25H26N4O2/c26-21-10-6-17(13-22(21)27)14-28-15-23(30)19-8-7-18(12-16-4-2-1-3-5-16)25-20(19)9-11-24(31)29-25/h1-11,13,23,28,30H,12,14-15,26-27H2,(H,29,31). The van der Waals surface area contributed by atoms with E-state index in [2.05, 4.69) is 22.4 Å². The Bertz CT molecular complexity index is 1250. The van der Waals surface area contributed by atoms with Crippen molar-refractivity contribution in [2.24, 2.45) is 0 Å². The van der Waals surface area contributed by atoms with Crippen molar-refractivity contribution in [3.8, 4) is 0 Å². The quantitative estimate of drug-likeness (QED) is 0.298. The number of nitrogens with one attached hydrogen (secondary N) is 2. The van der Waals surface area contributed by atoms with Gasteiger partial charge in [0.25, 0.3) is 0 Å². The number of aromatic amines is 1. The van der Waals surface area contributed by atoms with Crippen molar-refractivity contribution in [3.63, 3.8) is 0 Å². The van der Waals surface area contributed by atoms with Crippen molar-refractivity contribution in [1.29, 1.82) is 0 Å². The van der Waals surface area contributed by atoms with E-state index in [1.54, 1.807) is 12.1 Å². The first-order valence-corrected chi connectivity index (χ1v) is 10.2. The number of aliphatic hydroxyl groups is 1. The lowest BCUT2D eigenvalue weighted by Gasteiger charge is -2.17. The summed E-state index contributed by atoms with van der Waals surface area (Å²) in [4.78, 5) is 15.0. The number of benzene rings is 3. The van der Waals surface area contributed by atoms with Crippen molar-refractivity contribution < 1.29 is 5.11 Å². The van der Waals surface area contributed by atoms with Gasteiger partial charge in [0.05, 0.1) is 23.0 Å². The molecule has 1 atom stereocenters. The zero-order valence-electron chi connectivity index (χ0n) is 17.1. The molecule has 6 nitrogen and oxygen atoms in total. The van der Waals surface area contributed by atoms with Crippen molar-refractivity contribution in [2.45, 2.75) is 19.1 Å². The summed E-state index contributed by atoms with van der Waals surface area (Å²) < 4.78 is 0. The minimum atomic E-state index is -0.731. The molecule has 0 aliphatic heterocycles. The van der Waals surface area contributed by atoms with Crippen molar-refractivity contribution in [1.82, 2.24) is 10.3 Å². The van der Waals surface area contributed by atoms with Gasteiger partial charge < -0.3 is 26.9 Å². The molecule has 1 heterocycles. The molecule has 158 valence electrons. The average Bonchev–Trinajstić information content (AvgIpc) is 2.77. The molecule has 0 bridgehead atoms. The minimum Gasteiger partial charge on any atom is -0.397 e. The maximum absolute atomic E-state index is 12.0. The van der Waals surface area contributed by atoms with Gasteiger partial charge in [-0.1, -0.05) is 48.5 Å². The number of fused-ring (bicyclic) bond motifs is 1. The second kappa shape index (κ2) is 9.04. The Morgan fingerprint density at radius 2 is 1.71 bits per heavy atom. The van der Waals surface area contributed by atoms with E-state index in [9.17, 15) is 9.90 Å². The summed E-state index contributed by atoms with van der Waals surface area (Å²) in [6.45, 7) is 0.916. The number of anilines is 2. The zero-order valence-corrected chi connectivity index (χ0v) is 17.1. The topological polar surface area (TPSA) is 117 Å². The number of hydrogen-bond acceptors (Lipinski definition) is 5. The van der Waals surface area contributed by atoms with Gasteiger partial charge in [-0.05, 0) is 46.9 Å². The van der Waals surface area contributed by atoms with E-state index < -0.39 is 6.10 Å². The number of rotatable bonds is 7. The number of hydrogen-bond donors (Lipinski definition) is 5. The summed E-state index contributed by atoms with van der Waals surface area (Å²) in [5.74, 6) is 0. The van der Waals surface area contributed by atoms with Crippen LogP contribution in [0.4, 0.5) is 11.4 Å². The van der Waals surface area contributed by atoms with Gasteiger partial charge in [-0.2, -0.15) is 0 Å². The van der Waals surface area contributed by atoms with Crippen molar-refractivity contribution in [2.75, 3.05) is 18.0 Å². The van der Waals surface area contributed by atoms with Crippen LogP contribution in [0.25, 0.3) is 10.9 Å². The summed E-state index contributed by atoms with van der Waals surface area (Å²) in [6.07, 6.45) is -0.0323. The number of nitrogens with two attached hydrogens (primary N) is 2. The van der Waals surface area contributed by atoms with Crippen LogP contribution in [-0.4, -0.2) is 16.6 Å². The molecule has 31 heavy (non-hydrogen) atoms. The molecule has 0 radical (unpaired) electrons. The van der Waals surface area contributed by atoms with Crippen LogP contribution in [0.5, 0.6) is 0 Å². The van der Waals surface area contributed by atoms with Crippen LogP contribution in [-0.2, 0) is 13.0 Å². The van der Waals surface area contributed by atoms with Gasteiger partial charge in [-0.25, -0.2) is 0 Å². The summed E-state index contributed by atoms with van der Waals surface area (Å²) >= 11 is 0. The van der Waals surface area contributed by atoms with E-state index in [-0.39, 0.29) is 5.56 Å². The fourth-order valence-corrected chi connectivity index (χ4v) is 3.78. The number of aromatic nitrogens is 1. The van der Waals surface area contributed by atoms with E-state index in [4.69, 9.17) is 11.5 Å². The third kappa shape index (κ3) is 4.77. The summed E-state index contributed by atoms with van der Waals surface area (Å²) in [5.41, 5.74) is 17.3. The fourth-order valence-electron chi connectivity index (χ4n) is 3.78. The molecule has 0 spiro atoms. The lowest BCUT2D eigenvalue weighted by molar-refractivity contribution is 0.176. The number of H-pyrrole nitrogens is 1. The smallest absolute Gasteiger partial charge is 0.248 e. The second-order valence-electron chi connectivity index (χ2n) is 7.70. The zero-order chi connectivity index (χ0) is 21.8. The molecular formula is C25H26N4O2. The highest BCUT2D eigenvalue weighted by Gasteiger charge is 2.14. The molecule has 0 fully saturated rings. The third-order valence-corrected chi connectivity index (χ3v) is 5.43. The fraction of sp³-hybridized carbons (Fsp3) is 0.160. The molecule has 0 amide bonds. The minimum absolute atomic E-state index is 0.160. The van der Waals surface area contributed by atoms with E-state index >= 15 is 0 Å². The molecule has 0 aliphatic carbocycles. The van der Waals surface area contributed by atoms with E-state index in [0.29, 0.717) is 30.9 Å². The van der Waals surface area contributed by atoms with Gasteiger partial charge in [-0.3, -0.25) is 4.79 Å². The molecule has 6 heteroatoms. The Morgan fingerprint density at radius 3 is 2.48 bits per heavy atom. The summed E-state index contributed by atoms with van der Waals surface area (Å²) in [5, 5.41) is 15.0. The lowest BCUT2D eigenvalue weighted by atomic mass is 9.96. The van der Waals surface area contributed by atoms with E-state index in [1.165, 1.54) is 6.07 Å². The number of nitrogen functional groups attached to an aromatic ring is 2.